The van der Waals surface area contributed by atoms with Crippen LogP contribution in [0.2, 0.25) is 0 Å². The molecule has 1 aliphatic rings. The number of halogens is 2. The first kappa shape index (κ1) is 25.2. The predicted molar refractivity (Wildman–Crippen MR) is 132 cm³/mol. The van der Waals surface area contributed by atoms with Gasteiger partial charge in [-0.25, -0.2) is 4.99 Å². The van der Waals surface area contributed by atoms with Gasteiger partial charge in [0.15, 0.2) is 5.17 Å². The second-order valence-corrected chi connectivity index (χ2v) is 8.89. The molecule has 0 fully saturated rings. The lowest BCUT2D eigenvalue weighted by atomic mass is 10.1. The number of hydrogen-bond donors (Lipinski definition) is 1. The van der Waals surface area contributed by atoms with E-state index in [-0.39, 0.29) is 23.3 Å². The summed E-state index contributed by atoms with van der Waals surface area (Å²) in [4.78, 5) is 33.4. The van der Waals surface area contributed by atoms with Gasteiger partial charge in [0.05, 0.1) is 10.9 Å². The maximum atomic E-state index is 13.3. The van der Waals surface area contributed by atoms with Crippen molar-refractivity contribution in [1.82, 2.24) is 5.32 Å². The van der Waals surface area contributed by atoms with Crippen molar-refractivity contribution in [2.75, 3.05) is 30.4 Å². The number of amides is 2. The van der Waals surface area contributed by atoms with E-state index >= 15 is 0 Å². The molecular formula is C24H26F2N4O3S. The molecule has 0 aliphatic carbocycles. The number of thioether (sulfide) groups is 1. The number of hydrogen-bond acceptors (Lipinski definition) is 6. The summed E-state index contributed by atoms with van der Waals surface area (Å²) in [5.41, 5.74) is 2.44. The van der Waals surface area contributed by atoms with Gasteiger partial charge >= 0.3 is 6.61 Å². The molecule has 1 heterocycles. The molecule has 1 unspecified atom stereocenters. The number of amidine groups is 1. The Labute approximate surface area is 201 Å². The van der Waals surface area contributed by atoms with Gasteiger partial charge in [0.2, 0.25) is 5.91 Å². The normalized spacial score (nSPS) is 15.5. The van der Waals surface area contributed by atoms with Crippen LogP contribution in [0.1, 0.15) is 19.4 Å². The van der Waals surface area contributed by atoms with E-state index in [2.05, 4.69) is 15.0 Å². The fourth-order valence-electron chi connectivity index (χ4n) is 3.14. The molecule has 1 atom stereocenters. The van der Waals surface area contributed by atoms with E-state index in [4.69, 9.17) is 0 Å². The number of aliphatic imine (C=N–C) groups is 1. The average molecular weight is 489 g/mol. The van der Waals surface area contributed by atoms with Crippen molar-refractivity contribution in [3.8, 4) is 5.75 Å². The molecule has 180 valence electrons. The number of rotatable bonds is 8. The van der Waals surface area contributed by atoms with Crippen molar-refractivity contribution >= 4 is 46.2 Å². The van der Waals surface area contributed by atoms with E-state index in [1.54, 1.807) is 13.0 Å². The van der Waals surface area contributed by atoms with Crippen molar-refractivity contribution in [3.63, 3.8) is 0 Å². The molecule has 0 bridgehead atoms. The zero-order valence-corrected chi connectivity index (χ0v) is 20.1. The fraction of sp³-hybridized carbons (Fsp3) is 0.292. The Morgan fingerprint density at radius 1 is 1.18 bits per heavy atom. The standard InChI is InChI=1S/C24H26F2N4O3S/c1-5-27-21(31)15(2)34-24-28-20(14-16-6-8-17(9-7-16)29(3)4)22(32)30(24)18-10-12-19(13-11-18)33-23(25)26/h6-15,23H,5H2,1-4H3,(H,27,31)/b20-14-. The fourth-order valence-corrected chi connectivity index (χ4v) is 4.09. The van der Waals surface area contributed by atoms with E-state index in [0.717, 1.165) is 23.0 Å². The average Bonchev–Trinajstić information content (AvgIpc) is 3.09. The zero-order valence-electron chi connectivity index (χ0n) is 19.3. The van der Waals surface area contributed by atoms with Gasteiger partial charge in [0.1, 0.15) is 11.4 Å². The summed E-state index contributed by atoms with van der Waals surface area (Å²) < 4.78 is 29.4. The van der Waals surface area contributed by atoms with Crippen LogP contribution in [0.4, 0.5) is 20.2 Å². The van der Waals surface area contributed by atoms with E-state index in [0.29, 0.717) is 17.4 Å². The Balaban J connectivity index is 1.93. The van der Waals surface area contributed by atoms with Crippen molar-refractivity contribution in [1.29, 1.82) is 0 Å². The number of carbonyl (C=O) groups excluding carboxylic acids is 2. The minimum absolute atomic E-state index is 0.0241. The van der Waals surface area contributed by atoms with Crippen LogP contribution in [0.5, 0.6) is 5.75 Å². The topological polar surface area (TPSA) is 74.2 Å². The van der Waals surface area contributed by atoms with Crippen LogP contribution >= 0.6 is 11.8 Å². The van der Waals surface area contributed by atoms with Crippen LogP contribution in [-0.4, -0.2) is 49.5 Å². The van der Waals surface area contributed by atoms with E-state index < -0.39 is 11.9 Å². The minimum Gasteiger partial charge on any atom is -0.435 e. The summed E-state index contributed by atoms with van der Waals surface area (Å²) in [6.07, 6.45) is 1.67. The molecule has 0 saturated heterocycles. The van der Waals surface area contributed by atoms with Gasteiger partial charge in [-0.1, -0.05) is 23.9 Å². The lowest BCUT2D eigenvalue weighted by molar-refractivity contribution is -0.120. The molecule has 3 rings (SSSR count). The Hall–Kier alpha value is -3.40. The minimum atomic E-state index is -2.95. The highest BCUT2D eigenvalue weighted by Gasteiger charge is 2.34. The summed E-state index contributed by atoms with van der Waals surface area (Å²) in [5, 5.41) is 2.57. The van der Waals surface area contributed by atoms with Crippen LogP contribution in [0, 0.1) is 0 Å². The zero-order chi connectivity index (χ0) is 24.8. The molecule has 1 aliphatic heterocycles. The monoisotopic (exact) mass is 488 g/mol. The highest BCUT2D eigenvalue weighted by molar-refractivity contribution is 8.15. The third-order valence-corrected chi connectivity index (χ3v) is 5.92. The van der Waals surface area contributed by atoms with E-state index in [1.807, 2.05) is 50.2 Å². The first-order valence-electron chi connectivity index (χ1n) is 10.6. The highest BCUT2D eigenvalue weighted by atomic mass is 32.2. The molecule has 0 saturated carbocycles. The van der Waals surface area contributed by atoms with Gasteiger partial charge in [-0.05, 0) is 61.9 Å². The van der Waals surface area contributed by atoms with E-state index in [9.17, 15) is 18.4 Å². The third kappa shape index (κ3) is 6.13. The van der Waals surface area contributed by atoms with Crippen LogP contribution in [0.3, 0.4) is 0 Å². The second kappa shape index (κ2) is 11.1. The largest absolute Gasteiger partial charge is 0.435 e. The van der Waals surface area contributed by atoms with Gasteiger partial charge in [0, 0.05) is 26.3 Å². The molecule has 0 aromatic heterocycles. The molecule has 10 heteroatoms. The Morgan fingerprint density at radius 3 is 2.38 bits per heavy atom. The van der Waals surface area contributed by atoms with Crippen LogP contribution in [0.25, 0.3) is 6.08 Å². The summed E-state index contributed by atoms with van der Waals surface area (Å²) in [5.74, 6) is -0.589. The SMILES string of the molecule is CCNC(=O)C(C)SC1=N/C(=C\c2ccc(N(C)C)cc2)C(=O)N1c1ccc(OC(F)F)cc1. The molecule has 0 spiro atoms. The summed E-state index contributed by atoms with van der Waals surface area (Å²) in [6.45, 7) is 1.09. The molecule has 0 radical (unpaired) electrons. The van der Waals surface area contributed by atoms with Gasteiger partial charge in [-0.15, -0.1) is 0 Å². The maximum absolute atomic E-state index is 13.3. The lowest BCUT2D eigenvalue weighted by Crippen LogP contribution is -2.35. The Kier molecular flexibility index (Phi) is 8.27. The van der Waals surface area contributed by atoms with Crippen LogP contribution in [-0.2, 0) is 9.59 Å². The summed E-state index contributed by atoms with van der Waals surface area (Å²) in [7, 11) is 3.88. The number of carbonyl (C=O) groups is 2. The van der Waals surface area contributed by atoms with Gasteiger partial charge in [-0.2, -0.15) is 8.78 Å². The molecule has 2 aromatic rings. The second-order valence-electron chi connectivity index (χ2n) is 7.58. The predicted octanol–water partition coefficient (Wildman–Crippen LogP) is 4.36. The first-order valence-corrected chi connectivity index (χ1v) is 11.5. The number of ether oxygens (including phenoxy) is 1. The number of alkyl halides is 2. The van der Waals surface area contributed by atoms with Crippen LogP contribution < -0.4 is 19.9 Å². The molecule has 2 aromatic carbocycles. The Bertz CT molecular complexity index is 1090. The van der Waals surface area contributed by atoms with Gasteiger partial charge < -0.3 is 15.0 Å². The van der Waals surface area contributed by atoms with Crippen molar-refractivity contribution in [3.05, 3.63) is 59.8 Å². The lowest BCUT2D eigenvalue weighted by Gasteiger charge is -2.20. The summed E-state index contributed by atoms with van der Waals surface area (Å²) >= 11 is 1.14. The molecule has 1 N–H and O–H groups in total. The number of nitrogens with one attached hydrogen (secondary N) is 1. The summed E-state index contributed by atoms with van der Waals surface area (Å²) in [6, 6.07) is 13.3. The van der Waals surface area contributed by atoms with Gasteiger partial charge in [0.25, 0.3) is 5.91 Å². The smallest absolute Gasteiger partial charge is 0.387 e. The number of benzene rings is 2. The van der Waals surface area contributed by atoms with Gasteiger partial charge in [-0.3, -0.25) is 14.5 Å². The quantitative estimate of drug-likeness (QED) is 0.559. The molecule has 2 amide bonds. The number of nitrogens with zero attached hydrogens (tertiary/aromatic N) is 3. The maximum Gasteiger partial charge on any atom is 0.387 e. The van der Waals surface area contributed by atoms with Crippen molar-refractivity contribution in [2.24, 2.45) is 4.99 Å². The number of anilines is 2. The molecule has 34 heavy (non-hydrogen) atoms. The van der Waals surface area contributed by atoms with Crippen LogP contribution in [0.15, 0.2) is 59.2 Å². The first-order chi connectivity index (χ1) is 16.2. The van der Waals surface area contributed by atoms with E-state index in [1.165, 1.54) is 29.2 Å². The van der Waals surface area contributed by atoms with Crippen molar-refractivity contribution in [2.45, 2.75) is 25.7 Å². The third-order valence-electron chi connectivity index (χ3n) is 4.86. The Morgan fingerprint density at radius 2 is 1.82 bits per heavy atom. The molecule has 7 nitrogen and oxygen atoms in total. The van der Waals surface area contributed by atoms with Crippen molar-refractivity contribution < 1.29 is 23.1 Å². The molecular weight excluding hydrogens is 462 g/mol. The highest BCUT2D eigenvalue weighted by Crippen LogP contribution is 2.32.